The van der Waals surface area contributed by atoms with Gasteiger partial charge in [-0.2, -0.15) is 0 Å². The number of amides is 1. The third-order valence-electron chi connectivity index (χ3n) is 3.33. The van der Waals surface area contributed by atoms with Gasteiger partial charge in [-0.25, -0.2) is 9.78 Å². The molecule has 112 valence electrons. The first kappa shape index (κ1) is 14.5. The number of benzene rings is 2. The second-order valence-electron chi connectivity index (χ2n) is 4.79. The number of rotatable bonds is 4. The summed E-state index contributed by atoms with van der Waals surface area (Å²) in [6.45, 7) is 0.0735. The SMILES string of the molecule is Cn1c(Sc2ccc3ccccc3c2)cnc1COC(N)=O. The highest BCUT2D eigenvalue weighted by Gasteiger charge is 2.09. The largest absolute Gasteiger partial charge is 0.442 e. The Hall–Kier alpha value is -2.47. The number of imidazole rings is 1. The second-order valence-corrected chi connectivity index (χ2v) is 5.88. The van der Waals surface area contributed by atoms with E-state index in [9.17, 15) is 4.79 Å². The lowest BCUT2D eigenvalue weighted by Crippen LogP contribution is -2.14. The first-order chi connectivity index (χ1) is 10.6. The summed E-state index contributed by atoms with van der Waals surface area (Å²) in [6.07, 6.45) is 0.964. The quantitative estimate of drug-likeness (QED) is 0.802. The number of ether oxygens (including phenoxy) is 1. The lowest BCUT2D eigenvalue weighted by molar-refractivity contribution is 0.146. The number of fused-ring (bicyclic) bond motifs is 1. The van der Waals surface area contributed by atoms with Crippen LogP contribution in [0.5, 0.6) is 0 Å². The number of carbonyl (C=O) groups is 1. The molecular formula is C16H15N3O2S. The van der Waals surface area contributed by atoms with Crippen LogP contribution in [0.15, 0.2) is 58.6 Å². The molecular weight excluding hydrogens is 298 g/mol. The summed E-state index contributed by atoms with van der Waals surface area (Å²) < 4.78 is 6.67. The van der Waals surface area contributed by atoms with Crippen LogP contribution in [0.2, 0.25) is 0 Å². The molecule has 0 aliphatic rings. The molecule has 22 heavy (non-hydrogen) atoms. The molecule has 6 heteroatoms. The van der Waals surface area contributed by atoms with Gasteiger partial charge in [-0.1, -0.05) is 42.1 Å². The molecule has 0 spiro atoms. The van der Waals surface area contributed by atoms with E-state index in [1.807, 2.05) is 23.7 Å². The molecule has 0 atom stereocenters. The van der Waals surface area contributed by atoms with Gasteiger partial charge < -0.3 is 15.0 Å². The minimum atomic E-state index is -0.799. The number of carbonyl (C=O) groups excluding carboxylic acids is 1. The van der Waals surface area contributed by atoms with Gasteiger partial charge in [0.2, 0.25) is 0 Å². The Morgan fingerprint density at radius 2 is 2.05 bits per heavy atom. The molecule has 5 nitrogen and oxygen atoms in total. The molecule has 0 saturated carbocycles. The Morgan fingerprint density at radius 1 is 1.27 bits per heavy atom. The Balaban J connectivity index is 1.81. The standard InChI is InChI=1S/C16H15N3O2S/c1-19-14(10-21-16(17)20)18-9-15(19)22-13-7-6-11-4-2-3-5-12(11)8-13/h2-9H,10H2,1H3,(H2,17,20). The van der Waals surface area contributed by atoms with Gasteiger partial charge in [0.1, 0.15) is 5.82 Å². The Labute approximate surface area is 132 Å². The zero-order valence-electron chi connectivity index (χ0n) is 12.0. The van der Waals surface area contributed by atoms with Gasteiger partial charge in [-0.15, -0.1) is 0 Å². The van der Waals surface area contributed by atoms with Crippen molar-refractivity contribution in [3.8, 4) is 0 Å². The van der Waals surface area contributed by atoms with E-state index in [0.29, 0.717) is 5.82 Å². The first-order valence-corrected chi connectivity index (χ1v) is 7.54. The van der Waals surface area contributed by atoms with Crippen LogP contribution in [-0.4, -0.2) is 15.6 Å². The smallest absolute Gasteiger partial charge is 0.404 e. The zero-order valence-corrected chi connectivity index (χ0v) is 12.8. The summed E-state index contributed by atoms with van der Waals surface area (Å²) >= 11 is 1.61. The van der Waals surface area contributed by atoms with Gasteiger partial charge in [-0.3, -0.25) is 0 Å². The molecule has 0 aliphatic heterocycles. The lowest BCUT2D eigenvalue weighted by Gasteiger charge is -2.06. The molecule has 1 amide bonds. The maximum Gasteiger partial charge on any atom is 0.404 e. The van der Waals surface area contributed by atoms with Crippen molar-refractivity contribution in [3.63, 3.8) is 0 Å². The molecule has 0 fully saturated rings. The normalized spacial score (nSPS) is 10.8. The van der Waals surface area contributed by atoms with Gasteiger partial charge in [0.05, 0.1) is 11.2 Å². The van der Waals surface area contributed by atoms with E-state index in [2.05, 4.69) is 35.3 Å². The highest BCUT2D eigenvalue weighted by Crippen LogP contribution is 2.30. The minimum Gasteiger partial charge on any atom is -0.442 e. The fourth-order valence-electron chi connectivity index (χ4n) is 2.15. The molecule has 2 aromatic carbocycles. The lowest BCUT2D eigenvalue weighted by atomic mass is 10.1. The van der Waals surface area contributed by atoms with Crippen molar-refractivity contribution in [2.45, 2.75) is 16.5 Å². The maximum absolute atomic E-state index is 10.7. The van der Waals surface area contributed by atoms with Crippen LogP contribution in [0.3, 0.4) is 0 Å². The highest BCUT2D eigenvalue weighted by atomic mass is 32.2. The van der Waals surface area contributed by atoms with E-state index in [1.165, 1.54) is 10.8 Å². The first-order valence-electron chi connectivity index (χ1n) is 6.73. The second kappa shape index (κ2) is 6.11. The number of aromatic nitrogens is 2. The van der Waals surface area contributed by atoms with Crippen LogP contribution in [0, 0.1) is 0 Å². The third kappa shape index (κ3) is 3.07. The summed E-state index contributed by atoms with van der Waals surface area (Å²) in [5.74, 6) is 0.655. The number of hydrogen-bond donors (Lipinski definition) is 1. The molecule has 0 bridgehead atoms. The van der Waals surface area contributed by atoms with E-state index >= 15 is 0 Å². The third-order valence-corrected chi connectivity index (χ3v) is 4.41. The van der Waals surface area contributed by atoms with Gasteiger partial charge in [0.25, 0.3) is 0 Å². The maximum atomic E-state index is 10.7. The Bertz CT molecular complexity index is 829. The zero-order chi connectivity index (χ0) is 15.5. The molecule has 1 heterocycles. The Morgan fingerprint density at radius 3 is 2.82 bits per heavy atom. The van der Waals surface area contributed by atoms with Crippen molar-refractivity contribution in [2.24, 2.45) is 12.8 Å². The number of primary amides is 1. The molecule has 0 unspecified atom stereocenters. The van der Waals surface area contributed by atoms with Crippen molar-refractivity contribution in [3.05, 3.63) is 54.5 Å². The summed E-state index contributed by atoms with van der Waals surface area (Å²) in [5, 5.41) is 3.39. The van der Waals surface area contributed by atoms with Crippen molar-refractivity contribution in [2.75, 3.05) is 0 Å². The van der Waals surface area contributed by atoms with Crippen LogP contribution < -0.4 is 5.73 Å². The average Bonchev–Trinajstić information content (AvgIpc) is 2.86. The monoisotopic (exact) mass is 313 g/mol. The van der Waals surface area contributed by atoms with E-state index in [1.54, 1.807) is 18.0 Å². The van der Waals surface area contributed by atoms with Crippen LogP contribution in [0.25, 0.3) is 10.8 Å². The van der Waals surface area contributed by atoms with E-state index in [4.69, 9.17) is 10.5 Å². The van der Waals surface area contributed by atoms with E-state index in [0.717, 1.165) is 9.92 Å². The predicted molar refractivity (Wildman–Crippen MR) is 85.7 cm³/mol. The number of nitrogens with two attached hydrogens (primary N) is 1. The number of nitrogens with zero attached hydrogens (tertiary/aromatic N) is 2. The van der Waals surface area contributed by atoms with E-state index < -0.39 is 6.09 Å². The van der Waals surface area contributed by atoms with Gasteiger partial charge in [-0.05, 0) is 22.9 Å². The van der Waals surface area contributed by atoms with Crippen molar-refractivity contribution in [1.29, 1.82) is 0 Å². The van der Waals surface area contributed by atoms with Crippen LogP contribution in [-0.2, 0) is 18.4 Å². The van der Waals surface area contributed by atoms with Crippen molar-refractivity contribution >= 4 is 28.6 Å². The van der Waals surface area contributed by atoms with E-state index in [-0.39, 0.29) is 6.61 Å². The van der Waals surface area contributed by atoms with Gasteiger partial charge >= 0.3 is 6.09 Å². The Kier molecular flexibility index (Phi) is 4.02. The fourth-order valence-corrected chi connectivity index (χ4v) is 3.06. The molecule has 1 aromatic heterocycles. The molecule has 3 aromatic rings. The van der Waals surface area contributed by atoms with Crippen LogP contribution in [0.4, 0.5) is 4.79 Å². The summed E-state index contributed by atoms with van der Waals surface area (Å²) in [5.41, 5.74) is 4.97. The minimum absolute atomic E-state index is 0.0735. The summed E-state index contributed by atoms with van der Waals surface area (Å²) in [7, 11) is 1.88. The molecule has 0 radical (unpaired) electrons. The molecule has 0 aliphatic carbocycles. The van der Waals surface area contributed by atoms with Gasteiger partial charge in [0, 0.05) is 11.9 Å². The highest BCUT2D eigenvalue weighted by molar-refractivity contribution is 7.99. The van der Waals surface area contributed by atoms with Crippen molar-refractivity contribution in [1.82, 2.24) is 9.55 Å². The van der Waals surface area contributed by atoms with Crippen LogP contribution >= 0.6 is 11.8 Å². The molecule has 3 rings (SSSR count). The van der Waals surface area contributed by atoms with Crippen molar-refractivity contribution < 1.29 is 9.53 Å². The van der Waals surface area contributed by atoms with Crippen LogP contribution in [0.1, 0.15) is 5.82 Å². The average molecular weight is 313 g/mol. The topological polar surface area (TPSA) is 70.1 Å². The van der Waals surface area contributed by atoms with Gasteiger partial charge in [0.15, 0.2) is 6.61 Å². The summed E-state index contributed by atoms with van der Waals surface area (Å²) in [4.78, 5) is 16.0. The number of hydrogen-bond acceptors (Lipinski definition) is 4. The molecule has 2 N–H and O–H groups in total. The molecule has 0 saturated heterocycles. The fraction of sp³-hybridized carbons (Fsp3) is 0.125. The predicted octanol–water partition coefficient (Wildman–Crippen LogP) is 3.32. The summed E-state index contributed by atoms with van der Waals surface area (Å²) in [6, 6.07) is 14.6.